The van der Waals surface area contributed by atoms with Crippen LogP contribution < -0.4 is 20.9 Å². The van der Waals surface area contributed by atoms with Crippen LogP contribution in [0.15, 0.2) is 30.3 Å². The second kappa shape index (κ2) is 9.85. The number of hydrogen-bond donors (Lipinski definition) is 3. The highest BCUT2D eigenvalue weighted by Crippen LogP contribution is 2.39. The molecule has 2 amide bonds. The van der Waals surface area contributed by atoms with Gasteiger partial charge in [-0.05, 0) is 57.1 Å². The molecule has 184 valence electrons. The Hall–Kier alpha value is -2.76. The predicted octanol–water partition coefficient (Wildman–Crippen LogP) is 1.74. The Labute approximate surface area is 200 Å². The van der Waals surface area contributed by atoms with Crippen molar-refractivity contribution in [3.8, 4) is 11.4 Å². The van der Waals surface area contributed by atoms with E-state index >= 15 is 0 Å². The number of carbonyl (C=O) groups is 1. The number of amides is 2. The standard InChI is InChI=1S/C23H32N6O4S/c1-16-15-33-13-12-29(16)20-14-19(23(34(3,31)32)8-10-25-11-9-23)27-21(28-20)17-4-6-18(7-5-17)26-22(30)24-2/h4-7,14,16,25H,8-13,15H2,1-3H3,(H2,24,26,30)/t16-/m0/s1. The minimum absolute atomic E-state index is 0.102. The van der Waals surface area contributed by atoms with Crippen LogP contribution in [0, 0.1) is 0 Å². The van der Waals surface area contributed by atoms with Crippen LogP contribution in [0.2, 0.25) is 0 Å². The van der Waals surface area contributed by atoms with Gasteiger partial charge in [0.25, 0.3) is 0 Å². The van der Waals surface area contributed by atoms with E-state index < -0.39 is 14.6 Å². The van der Waals surface area contributed by atoms with Crippen LogP contribution in [-0.4, -0.2) is 76.6 Å². The molecule has 0 radical (unpaired) electrons. The minimum Gasteiger partial charge on any atom is -0.377 e. The fourth-order valence-corrected chi connectivity index (χ4v) is 5.99. The normalized spacial score (nSPS) is 20.6. The van der Waals surface area contributed by atoms with Crippen LogP contribution in [0.25, 0.3) is 11.4 Å². The first-order chi connectivity index (χ1) is 16.2. The van der Waals surface area contributed by atoms with E-state index in [4.69, 9.17) is 14.7 Å². The lowest BCUT2D eigenvalue weighted by Crippen LogP contribution is -2.47. The summed E-state index contributed by atoms with van der Waals surface area (Å²) >= 11 is 0. The van der Waals surface area contributed by atoms with Crippen molar-refractivity contribution in [1.29, 1.82) is 0 Å². The zero-order chi connectivity index (χ0) is 24.3. The fraction of sp³-hybridized carbons (Fsp3) is 0.522. The lowest BCUT2D eigenvalue weighted by atomic mass is 9.92. The van der Waals surface area contributed by atoms with E-state index in [9.17, 15) is 13.2 Å². The maximum absolute atomic E-state index is 13.1. The Bertz CT molecular complexity index is 1130. The molecule has 0 unspecified atom stereocenters. The fourth-order valence-electron chi connectivity index (χ4n) is 4.56. The summed E-state index contributed by atoms with van der Waals surface area (Å²) in [7, 11) is -1.90. The summed E-state index contributed by atoms with van der Waals surface area (Å²) in [6.07, 6.45) is 2.21. The van der Waals surface area contributed by atoms with E-state index in [1.165, 1.54) is 6.26 Å². The number of sulfone groups is 1. The third-order valence-corrected chi connectivity index (χ3v) is 8.63. The summed E-state index contributed by atoms with van der Waals surface area (Å²) in [5.74, 6) is 1.16. The molecule has 1 aromatic carbocycles. The number of nitrogens with one attached hydrogen (secondary N) is 3. The predicted molar refractivity (Wildman–Crippen MR) is 132 cm³/mol. The van der Waals surface area contributed by atoms with Gasteiger partial charge in [-0.3, -0.25) is 0 Å². The number of carbonyl (C=O) groups excluding carboxylic acids is 1. The quantitative estimate of drug-likeness (QED) is 0.581. The minimum atomic E-state index is -3.45. The number of aromatic nitrogens is 2. The third kappa shape index (κ3) is 4.86. The van der Waals surface area contributed by atoms with Crippen molar-refractivity contribution in [2.24, 2.45) is 0 Å². The zero-order valence-corrected chi connectivity index (χ0v) is 20.6. The summed E-state index contributed by atoms with van der Waals surface area (Å²) in [5, 5.41) is 8.51. The molecule has 0 bridgehead atoms. The lowest BCUT2D eigenvalue weighted by Gasteiger charge is -2.38. The maximum Gasteiger partial charge on any atom is 0.318 e. The molecule has 2 aliphatic rings. The number of rotatable bonds is 5. The number of ether oxygens (including phenoxy) is 1. The second-order valence-electron chi connectivity index (χ2n) is 8.85. The topological polar surface area (TPSA) is 126 Å². The average Bonchev–Trinajstić information content (AvgIpc) is 2.84. The van der Waals surface area contributed by atoms with Crippen molar-refractivity contribution < 1.29 is 17.9 Å². The van der Waals surface area contributed by atoms with Gasteiger partial charge >= 0.3 is 6.03 Å². The molecule has 3 heterocycles. The number of urea groups is 1. The van der Waals surface area contributed by atoms with Crippen LogP contribution >= 0.6 is 0 Å². The molecule has 4 rings (SSSR count). The first kappa shape index (κ1) is 24.4. The molecule has 0 saturated carbocycles. The van der Waals surface area contributed by atoms with Gasteiger partial charge in [-0.1, -0.05) is 0 Å². The Morgan fingerprint density at radius 1 is 1.21 bits per heavy atom. The van der Waals surface area contributed by atoms with Gasteiger partial charge in [0.1, 0.15) is 10.6 Å². The molecule has 0 aliphatic carbocycles. The number of hydrogen-bond acceptors (Lipinski definition) is 8. The smallest absolute Gasteiger partial charge is 0.318 e. The Morgan fingerprint density at radius 2 is 1.91 bits per heavy atom. The monoisotopic (exact) mass is 488 g/mol. The lowest BCUT2D eigenvalue weighted by molar-refractivity contribution is 0.0985. The highest BCUT2D eigenvalue weighted by Gasteiger charge is 2.45. The van der Waals surface area contributed by atoms with Crippen LogP contribution in [0.4, 0.5) is 16.3 Å². The van der Waals surface area contributed by atoms with Crippen molar-refractivity contribution >= 4 is 27.4 Å². The average molecular weight is 489 g/mol. The maximum atomic E-state index is 13.1. The molecular formula is C23H32N6O4S. The molecule has 3 N–H and O–H groups in total. The molecular weight excluding hydrogens is 456 g/mol. The van der Waals surface area contributed by atoms with Crippen molar-refractivity contribution in [3.63, 3.8) is 0 Å². The highest BCUT2D eigenvalue weighted by molar-refractivity contribution is 7.91. The molecule has 11 heteroatoms. The number of piperidine rings is 1. The largest absolute Gasteiger partial charge is 0.377 e. The van der Waals surface area contributed by atoms with Crippen LogP contribution in [0.1, 0.15) is 25.5 Å². The van der Waals surface area contributed by atoms with E-state index in [0.29, 0.717) is 68.7 Å². The second-order valence-corrected chi connectivity index (χ2v) is 11.2. The molecule has 2 aliphatic heterocycles. The van der Waals surface area contributed by atoms with E-state index in [1.807, 2.05) is 18.2 Å². The first-order valence-corrected chi connectivity index (χ1v) is 13.4. The van der Waals surface area contributed by atoms with Crippen molar-refractivity contribution in [2.45, 2.75) is 30.6 Å². The van der Waals surface area contributed by atoms with E-state index in [1.54, 1.807) is 19.2 Å². The van der Waals surface area contributed by atoms with Crippen LogP contribution in [0.5, 0.6) is 0 Å². The molecule has 10 nitrogen and oxygen atoms in total. The van der Waals surface area contributed by atoms with Crippen molar-refractivity contribution in [2.75, 3.05) is 56.4 Å². The van der Waals surface area contributed by atoms with Crippen molar-refractivity contribution in [3.05, 3.63) is 36.0 Å². The molecule has 34 heavy (non-hydrogen) atoms. The number of morpholine rings is 1. The Morgan fingerprint density at radius 3 is 2.53 bits per heavy atom. The van der Waals surface area contributed by atoms with Crippen molar-refractivity contribution in [1.82, 2.24) is 20.6 Å². The third-order valence-electron chi connectivity index (χ3n) is 6.59. The SMILES string of the molecule is CNC(=O)Nc1ccc(-c2nc(N3CCOC[C@@H]3C)cc(C3(S(C)(=O)=O)CCNCC3)n2)cc1. The van der Waals surface area contributed by atoms with Crippen LogP contribution in [0.3, 0.4) is 0 Å². The molecule has 2 saturated heterocycles. The summed E-state index contributed by atoms with van der Waals surface area (Å²) in [4.78, 5) is 23.4. The Kier molecular flexibility index (Phi) is 7.06. The number of nitrogens with zero attached hydrogens (tertiary/aromatic N) is 3. The van der Waals surface area contributed by atoms with Crippen LogP contribution in [-0.2, 0) is 19.3 Å². The van der Waals surface area contributed by atoms with Gasteiger partial charge in [-0.25, -0.2) is 23.2 Å². The molecule has 2 aromatic rings. The number of benzene rings is 1. The number of anilines is 2. The Balaban J connectivity index is 1.81. The van der Waals surface area contributed by atoms with Gasteiger partial charge in [0.05, 0.1) is 24.9 Å². The molecule has 2 fully saturated rings. The zero-order valence-electron chi connectivity index (χ0n) is 19.8. The molecule has 1 aromatic heterocycles. The van der Waals surface area contributed by atoms with E-state index in [2.05, 4.69) is 27.8 Å². The van der Waals surface area contributed by atoms with Gasteiger partial charge in [-0.15, -0.1) is 0 Å². The highest BCUT2D eigenvalue weighted by atomic mass is 32.2. The van der Waals surface area contributed by atoms with Gasteiger partial charge in [-0.2, -0.15) is 0 Å². The summed E-state index contributed by atoms with van der Waals surface area (Å²) in [6.45, 7) is 5.11. The van der Waals surface area contributed by atoms with E-state index in [0.717, 1.165) is 5.56 Å². The molecule has 1 atom stereocenters. The van der Waals surface area contributed by atoms with Gasteiger partial charge in [0, 0.05) is 37.2 Å². The molecule has 0 spiro atoms. The summed E-state index contributed by atoms with van der Waals surface area (Å²) in [6, 6.07) is 8.84. The van der Waals surface area contributed by atoms with Gasteiger partial charge in [0.15, 0.2) is 15.7 Å². The van der Waals surface area contributed by atoms with Gasteiger partial charge in [0.2, 0.25) is 0 Å². The van der Waals surface area contributed by atoms with E-state index in [-0.39, 0.29) is 12.1 Å². The van der Waals surface area contributed by atoms with Gasteiger partial charge < -0.3 is 25.6 Å². The summed E-state index contributed by atoms with van der Waals surface area (Å²) in [5.41, 5.74) is 1.90. The summed E-state index contributed by atoms with van der Waals surface area (Å²) < 4.78 is 30.8. The first-order valence-electron chi connectivity index (χ1n) is 11.5.